The zero-order chi connectivity index (χ0) is 43.2. The Morgan fingerprint density at radius 1 is 0.339 bits per heavy atom. The monoisotopic (exact) mass is 1030 g/mol. The minimum absolute atomic E-state index is 1.07. The zero-order valence-corrected chi connectivity index (χ0v) is 46.9. The third kappa shape index (κ3) is 21.2. The summed E-state index contributed by atoms with van der Waals surface area (Å²) in [6.07, 6.45) is 35.9. The van der Waals surface area contributed by atoms with Crippen LogP contribution in [0.3, 0.4) is 0 Å². The van der Waals surface area contributed by atoms with Crippen molar-refractivity contribution in [3.8, 4) is 11.5 Å². The van der Waals surface area contributed by atoms with Gasteiger partial charge in [0.1, 0.15) is 0 Å². The van der Waals surface area contributed by atoms with Crippen LogP contribution in [0.1, 0.15) is 242 Å². The van der Waals surface area contributed by atoms with Gasteiger partial charge in [-0.15, -0.1) is 0 Å². The summed E-state index contributed by atoms with van der Waals surface area (Å²) >= 11 is -7.83. The first kappa shape index (κ1) is 54.7. The zero-order valence-electron chi connectivity index (χ0n) is 41.2. The normalized spacial score (nSPS) is 12.1. The van der Waals surface area contributed by atoms with Crippen molar-refractivity contribution in [1.29, 1.82) is 0 Å². The number of unbranched alkanes of at least 4 members (excludes halogenated alkanes) is 20. The predicted octanol–water partition coefficient (Wildman–Crippen LogP) is 18.6. The minimum atomic E-state index is -3.91. The molecule has 0 unspecified atom stereocenters. The Bertz CT molecular complexity index is 1220. The molecular weight excluding hydrogens is 934 g/mol. The number of hydrogen-bond acceptors (Lipinski definition) is 3. The second-order valence-corrected chi connectivity index (χ2v) is 40.4. The van der Waals surface area contributed by atoms with E-state index in [9.17, 15) is 0 Å². The molecule has 0 atom stereocenters. The van der Waals surface area contributed by atoms with Crippen LogP contribution in [0.2, 0.25) is 17.7 Å². The molecular formula is C54H98O3Sn2. The fourth-order valence-electron chi connectivity index (χ4n) is 9.15. The van der Waals surface area contributed by atoms with E-state index in [0.717, 1.165) is 43.4 Å². The molecule has 0 bridgehead atoms. The van der Waals surface area contributed by atoms with Gasteiger partial charge in [0.15, 0.2) is 0 Å². The molecule has 340 valence electrons. The van der Waals surface area contributed by atoms with Crippen LogP contribution in [0.4, 0.5) is 0 Å². The molecule has 0 heterocycles. The van der Waals surface area contributed by atoms with Gasteiger partial charge in [0, 0.05) is 0 Å². The Labute approximate surface area is 379 Å². The van der Waals surface area contributed by atoms with E-state index in [4.69, 9.17) is 7.56 Å². The molecule has 0 aliphatic rings. The second kappa shape index (κ2) is 33.2. The molecule has 0 spiro atoms. The van der Waals surface area contributed by atoms with Crippen LogP contribution in [-0.2, 0) is 14.3 Å². The summed E-state index contributed by atoms with van der Waals surface area (Å²) in [5, 5.41) is 0. The summed E-state index contributed by atoms with van der Waals surface area (Å²) in [7, 11) is 0. The molecule has 0 amide bonds. The van der Waals surface area contributed by atoms with Crippen molar-refractivity contribution in [1.82, 2.24) is 0 Å². The van der Waals surface area contributed by atoms with E-state index in [-0.39, 0.29) is 0 Å². The molecule has 59 heavy (non-hydrogen) atoms. The van der Waals surface area contributed by atoms with Gasteiger partial charge in [0.2, 0.25) is 0 Å². The second-order valence-electron chi connectivity index (χ2n) is 18.7. The molecule has 0 saturated heterocycles. The third-order valence-corrected chi connectivity index (χ3v) is 45.7. The van der Waals surface area contributed by atoms with Crippen molar-refractivity contribution in [3.63, 3.8) is 0 Å². The molecule has 0 aromatic heterocycles. The molecule has 2 aromatic carbocycles. The number of aryl methyl sites for hydroxylation is 2. The Morgan fingerprint density at radius 2 is 0.610 bits per heavy atom. The van der Waals surface area contributed by atoms with Gasteiger partial charge in [-0.3, -0.25) is 0 Å². The fraction of sp³-hybridized carbons (Fsp3) is 0.778. The Kier molecular flexibility index (Phi) is 30.8. The molecule has 2 rings (SSSR count). The first-order valence-electron chi connectivity index (χ1n) is 25.9. The van der Waals surface area contributed by atoms with E-state index < -0.39 is 38.4 Å². The van der Waals surface area contributed by atoms with E-state index in [1.807, 2.05) is 0 Å². The van der Waals surface area contributed by atoms with Crippen LogP contribution in [0.15, 0.2) is 24.3 Å². The van der Waals surface area contributed by atoms with Crippen molar-refractivity contribution in [2.45, 2.75) is 267 Å². The van der Waals surface area contributed by atoms with Gasteiger partial charge < -0.3 is 0 Å². The van der Waals surface area contributed by atoms with Gasteiger partial charge >= 0.3 is 382 Å². The van der Waals surface area contributed by atoms with Gasteiger partial charge in [-0.2, -0.15) is 0 Å². The van der Waals surface area contributed by atoms with E-state index >= 15 is 0 Å². The average Bonchev–Trinajstić information content (AvgIpc) is 3.22. The summed E-state index contributed by atoms with van der Waals surface area (Å²) in [5.74, 6) is 2.33. The molecule has 0 N–H and O–H groups in total. The van der Waals surface area contributed by atoms with Crippen molar-refractivity contribution in [2.24, 2.45) is 0 Å². The van der Waals surface area contributed by atoms with Gasteiger partial charge in [-0.05, 0) is 0 Å². The van der Waals surface area contributed by atoms with Gasteiger partial charge in [0.05, 0.1) is 0 Å². The van der Waals surface area contributed by atoms with Crippen LogP contribution in [0.25, 0.3) is 0 Å². The molecule has 0 radical (unpaired) electrons. The molecule has 0 saturated carbocycles. The molecule has 2 aromatic rings. The maximum absolute atomic E-state index is 8.53. The predicted molar refractivity (Wildman–Crippen MR) is 266 cm³/mol. The van der Waals surface area contributed by atoms with Crippen LogP contribution < -0.4 is 6.15 Å². The van der Waals surface area contributed by atoms with Crippen LogP contribution in [0, 0.1) is 27.7 Å². The number of hydrogen-bond donors (Lipinski definition) is 0. The van der Waals surface area contributed by atoms with Gasteiger partial charge in [-0.25, -0.2) is 0 Å². The van der Waals surface area contributed by atoms with E-state index in [2.05, 4.69) is 93.5 Å². The summed E-state index contributed by atoms with van der Waals surface area (Å²) in [5.41, 5.74) is 8.50. The maximum atomic E-state index is 8.53. The van der Waals surface area contributed by atoms with Gasteiger partial charge in [0.25, 0.3) is 0 Å². The molecule has 0 fully saturated rings. The first-order valence-corrected chi connectivity index (χ1v) is 38.6. The Balaban J connectivity index is 2.84. The van der Waals surface area contributed by atoms with E-state index in [1.54, 1.807) is 0 Å². The Hall–Kier alpha value is -0.403. The molecule has 0 aliphatic carbocycles. The van der Waals surface area contributed by atoms with E-state index in [0.29, 0.717) is 0 Å². The number of benzene rings is 2. The van der Waals surface area contributed by atoms with Crippen LogP contribution >= 0.6 is 0 Å². The summed E-state index contributed by atoms with van der Waals surface area (Å²) in [6.45, 7) is 23.3. The summed E-state index contributed by atoms with van der Waals surface area (Å²) < 4.78 is 29.1. The quantitative estimate of drug-likeness (QED) is 0.0496. The molecule has 0 aliphatic heterocycles. The van der Waals surface area contributed by atoms with Crippen molar-refractivity contribution in [3.05, 3.63) is 57.6 Å². The van der Waals surface area contributed by atoms with Crippen molar-refractivity contribution < 1.29 is 7.56 Å². The van der Waals surface area contributed by atoms with E-state index in [1.165, 1.54) is 199 Å². The summed E-state index contributed by atoms with van der Waals surface area (Å²) in [4.78, 5) is 0. The number of rotatable bonds is 38. The van der Waals surface area contributed by atoms with Gasteiger partial charge in [-0.1, -0.05) is 0 Å². The van der Waals surface area contributed by atoms with Crippen LogP contribution in [0.5, 0.6) is 11.5 Å². The average molecular weight is 1030 g/mol. The summed E-state index contributed by atoms with van der Waals surface area (Å²) in [6, 6.07) is 9.38. The Morgan fingerprint density at radius 3 is 0.881 bits per heavy atom. The van der Waals surface area contributed by atoms with Crippen molar-refractivity contribution >= 4 is 38.4 Å². The third-order valence-electron chi connectivity index (χ3n) is 13.3. The standard InChI is InChI=1S/2C11H16O.4C8H17.O.2Sn/c2*1-4-5-10-9(3)8(2)6-7-11(10)12;4*1-3-5-7-8-6-4-2;;;/h2*6-7,12H,4-5H2,1-3H3;4*1,3-8H2,2H3;;;/q;;;;;;;2*+1/p-2. The van der Waals surface area contributed by atoms with Crippen molar-refractivity contribution in [2.75, 3.05) is 0 Å². The van der Waals surface area contributed by atoms with Crippen LogP contribution in [-0.4, -0.2) is 38.4 Å². The topological polar surface area (TPSA) is 27.7 Å². The molecule has 3 nitrogen and oxygen atoms in total. The first-order chi connectivity index (χ1) is 28.6. The SMILES string of the molecule is CCCCCCC[CH2][Sn]([CH2]CCCCCCC)([O]c1ccc(C)c(C)c1CCC)[O][Sn]([CH2]CCCCCCC)([CH2]CCCCCCC)[O]c1ccc(C)c(C)c1CCC. The fourth-order valence-corrected chi connectivity index (χ4v) is 49.9. The molecule has 5 heteroatoms.